The summed E-state index contributed by atoms with van der Waals surface area (Å²) >= 11 is 0. The quantitative estimate of drug-likeness (QED) is 0.619. The van der Waals surface area contributed by atoms with Gasteiger partial charge in [-0.15, -0.1) is 50.9 Å². The minimum atomic E-state index is 0. The smallest absolute Gasteiger partial charge is 0 e. The highest BCUT2D eigenvalue weighted by Gasteiger charge is 0.0000269. The minimum Gasteiger partial charge on any atom is -0.114 e. The number of hydrogen-bond donors (Lipinski definition) is 0. The Labute approximate surface area is 58.3 Å². The van der Waals surface area contributed by atoms with E-state index in [4.69, 9.17) is 0 Å². The van der Waals surface area contributed by atoms with E-state index in [1.54, 1.807) is 0 Å². The van der Waals surface area contributed by atoms with Gasteiger partial charge in [-0.3, -0.25) is 0 Å². The van der Waals surface area contributed by atoms with Gasteiger partial charge in [0, 0.05) is 7.43 Å². The van der Waals surface area contributed by atoms with Crippen molar-refractivity contribution in [2.24, 2.45) is 0 Å². The van der Waals surface area contributed by atoms with Gasteiger partial charge in [-0.2, -0.15) is 0 Å². The van der Waals surface area contributed by atoms with E-state index in [0.717, 1.165) is 0 Å². The summed E-state index contributed by atoms with van der Waals surface area (Å²) < 4.78 is 0. The molecule has 3 heteroatoms. The van der Waals surface area contributed by atoms with Crippen LogP contribution in [0.15, 0.2) is 0 Å². The second-order valence-corrected chi connectivity index (χ2v) is 0. The third-order valence-electron chi connectivity index (χ3n) is 0. The zero-order chi connectivity index (χ0) is 0. The maximum absolute atomic E-state index is 0. The first-order chi connectivity index (χ1) is 0. The molecule has 0 amide bonds. The van der Waals surface area contributed by atoms with Gasteiger partial charge in [-0.25, -0.2) is 0 Å². The molecule has 0 fully saturated rings. The van der Waals surface area contributed by atoms with Crippen LogP contribution in [0, 0.1) is 7.43 Å². The molecular formula is CH3Br3. The molecule has 0 nitrogen and oxygen atoms in total. The molecule has 4 radical (unpaired) electrons. The lowest BCUT2D eigenvalue weighted by Gasteiger charge is -0.115. The zero-order valence-electron chi connectivity index (χ0n) is 1.72. The summed E-state index contributed by atoms with van der Waals surface area (Å²) in [5.74, 6) is 0. The average molecular weight is 255 g/mol. The van der Waals surface area contributed by atoms with E-state index in [-0.39, 0.29) is 58.4 Å². The van der Waals surface area contributed by atoms with Gasteiger partial charge in [0.2, 0.25) is 0 Å². The van der Waals surface area contributed by atoms with Crippen molar-refractivity contribution in [3.05, 3.63) is 7.43 Å². The first-order valence-electron chi connectivity index (χ1n) is 0. The molecule has 0 aliphatic rings. The van der Waals surface area contributed by atoms with Crippen LogP contribution in [-0.2, 0) is 0 Å². The highest BCUT2D eigenvalue weighted by molar-refractivity contribution is 8.93. The first-order valence-corrected chi connectivity index (χ1v) is 0. The molecule has 0 bridgehead atoms. The predicted octanol–water partition coefficient (Wildman–Crippen LogP) is 1.81. The maximum Gasteiger partial charge on any atom is 0 e. The fourth-order valence-corrected chi connectivity index (χ4v) is 0. The fraction of sp³-hybridized carbons (Fsp3) is 0. The molecule has 0 spiro atoms. The molecule has 0 aliphatic heterocycles. The van der Waals surface area contributed by atoms with Crippen molar-refractivity contribution in [1.82, 2.24) is 0 Å². The molecule has 0 rings (SSSR count). The average Bonchev–Trinajstić information content (AvgIpc) is 0. The van der Waals surface area contributed by atoms with Crippen molar-refractivity contribution in [2.75, 3.05) is 0 Å². The Morgan fingerprint density at radius 3 is 0.500 bits per heavy atom. The van der Waals surface area contributed by atoms with E-state index < -0.39 is 0 Å². The van der Waals surface area contributed by atoms with Crippen LogP contribution in [0.5, 0.6) is 0 Å². The molecule has 0 aromatic heterocycles. The standard InChI is InChI=1S/C.3BrH/h;3*1H. The molecule has 0 saturated carbocycles. The third-order valence-corrected chi connectivity index (χ3v) is 0. The summed E-state index contributed by atoms with van der Waals surface area (Å²) in [6.07, 6.45) is 0. The Morgan fingerprint density at radius 2 is 0.500 bits per heavy atom. The molecule has 0 saturated heterocycles. The maximum atomic E-state index is 0. The van der Waals surface area contributed by atoms with Crippen molar-refractivity contribution in [3.8, 4) is 0 Å². The summed E-state index contributed by atoms with van der Waals surface area (Å²) in [7, 11) is 0. The lowest BCUT2D eigenvalue weighted by molar-refractivity contribution is 3.24. The summed E-state index contributed by atoms with van der Waals surface area (Å²) in [4.78, 5) is 0. The summed E-state index contributed by atoms with van der Waals surface area (Å²) in [6.45, 7) is 0. The Kier molecular flexibility index (Phi) is 328. The van der Waals surface area contributed by atoms with E-state index in [1.807, 2.05) is 0 Å². The number of hydrogen-bond acceptors (Lipinski definition) is 0. The summed E-state index contributed by atoms with van der Waals surface area (Å²) in [5.41, 5.74) is 0. The van der Waals surface area contributed by atoms with E-state index >= 15 is 0 Å². The summed E-state index contributed by atoms with van der Waals surface area (Å²) in [6, 6.07) is 0. The van der Waals surface area contributed by atoms with Crippen LogP contribution in [0.3, 0.4) is 0 Å². The Bertz CT molecular complexity index is 3.25. The summed E-state index contributed by atoms with van der Waals surface area (Å²) in [5, 5.41) is 0. The molecule has 0 unspecified atom stereocenters. The van der Waals surface area contributed by atoms with E-state index in [0.29, 0.717) is 0 Å². The van der Waals surface area contributed by atoms with Crippen LogP contribution in [0.1, 0.15) is 0 Å². The van der Waals surface area contributed by atoms with Crippen LogP contribution in [-0.4, -0.2) is 0 Å². The highest BCUT2D eigenvalue weighted by atomic mass is 79.9. The van der Waals surface area contributed by atoms with Gasteiger partial charge in [0.15, 0.2) is 0 Å². The largest absolute Gasteiger partial charge is 0.114 e. The molecule has 0 heterocycles. The third kappa shape index (κ3) is 9.88. The number of halogens is 3. The molecule has 0 atom stereocenters. The van der Waals surface area contributed by atoms with Gasteiger partial charge in [0.1, 0.15) is 0 Å². The molecule has 0 aromatic carbocycles. The fourth-order valence-electron chi connectivity index (χ4n) is 0. The number of rotatable bonds is 0. The monoisotopic (exact) mass is 252 g/mol. The van der Waals surface area contributed by atoms with Gasteiger partial charge in [0.25, 0.3) is 0 Å². The predicted molar refractivity (Wildman–Crippen MR) is 34.2 cm³/mol. The molecule has 0 aromatic rings. The normalized spacial score (nSPS) is 0. The Hall–Kier alpha value is 1.44. The van der Waals surface area contributed by atoms with Crippen LogP contribution in [0.2, 0.25) is 0 Å². The second-order valence-electron chi connectivity index (χ2n) is 0. The SMILES string of the molecule is Br.Br.Br.[C]. The zero-order valence-corrected chi connectivity index (χ0v) is 6.86. The molecule has 28 valence electrons. The van der Waals surface area contributed by atoms with Gasteiger partial charge in [-0.1, -0.05) is 0 Å². The van der Waals surface area contributed by atoms with Crippen molar-refractivity contribution in [2.45, 2.75) is 0 Å². The van der Waals surface area contributed by atoms with Gasteiger partial charge in [0.05, 0.1) is 0 Å². The lowest BCUT2D eigenvalue weighted by atomic mass is 12.0. The van der Waals surface area contributed by atoms with Gasteiger partial charge >= 0.3 is 0 Å². The second kappa shape index (κ2) is 25.3. The van der Waals surface area contributed by atoms with Crippen molar-refractivity contribution in [3.63, 3.8) is 0 Å². The van der Waals surface area contributed by atoms with Crippen LogP contribution in [0.4, 0.5) is 0 Å². The minimum absolute atomic E-state index is 0. The topological polar surface area (TPSA) is 0 Å². The molecule has 0 N–H and O–H groups in total. The molecule has 0 aliphatic carbocycles. The van der Waals surface area contributed by atoms with Gasteiger partial charge < -0.3 is 0 Å². The lowest BCUT2D eigenvalue weighted by Crippen LogP contribution is 0.0813. The van der Waals surface area contributed by atoms with E-state index in [9.17, 15) is 0 Å². The van der Waals surface area contributed by atoms with Crippen LogP contribution in [0.25, 0.3) is 0 Å². The van der Waals surface area contributed by atoms with E-state index in [2.05, 4.69) is 0 Å². The Balaban J connectivity index is 0. The first kappa shape index (κ1) is 51.7. The Morgan fingerprint density at radius 1 is 0.500 bits per heavy atom. The van der Waals surface area contributed by atoms with Crippen LogP contribution >= 0.6 is 50.9 Å². The van der Waals surface area contributed by atoms with E-state index in [1.165, 1.54) is 0 Å². The molecule has 4 heavy (non-hydrogen) atoms. The van der Waals surface area contributed by atoms with Crippen molar-refractivity contribution < 1.29 is 0 Å². The molecular weight excluding hydrogens is 252 g/mol. The van der Waals surface area contributed by atoms with Crippen molar-refractivity contribution in [1.29, 1.82) is 0 Å². The van der Waals surface area contributed by atoms with Crippen LogP contribution < -0.4 is 0 Å². The highest BCUT2D eigenvalue weighted by Crippen LogP contribution is 0.848. The van der Waals surface area contributed by atoms with Gasteiger partial charge in [-0.05, 0) is 0 Å². The van der Waals surface area contributed by atoms with Crippen molar-refractivity contribution >= 4 is 50.9 Å².